The Labute approximate surface area is 246 Å². The molecule has 2 aliphatic rings. The second-order valence-electron chi connectivity index (χ2n) is 11.1. The van der Waals surface area contributed by atoms with Crippen LogP contribution in [-0.2, 0) is 6.18 Å². The highest BCUT2D eigenvalue weighted by Crippen LogP contribution is 2.40. The summed E-state index contributed by atoms with van der Waals surface area (Å²) in [6.07, 6.45) is -1.16. The first-order valence-corrected chi connectivity index (χ1v) is 14.0. The van der Waals surface area contributed by atoms with E-state index in [4.69, 9.17) is 0 Å². The first-order chi connectivity index (χ1) is 20.5. The average Bonchev–Trinajstić information content (AvgIpc) is 3.62. The Bertz CT molecular complexity index is 1680. The van der Waals surface area contributed by atoms with Gasteiger partial charge in [0.1, 0.15) is 18.0 Å². The Hall–Kier alpha value is -4.65. The fourth-order valence-corrected chi connectivity index (χ4v) is 5.29. The van der Waals surface area contributed by atoms with Crippen molar-refractivity contribution in [3.63, 3.8) is 0 Å². The van der Waals surface area contributed by atoms with Crippen LogP contribution in [0.25, 0.3) is 5.82 Å². The number of hydrogen-bond acceptors (Lipinski definition) is 8. The maximum atomic E-state index is 13.9. The molecule has 224 valence electrons. The van der Waals surface area contributed by atoms with Gasteiger partial charge in [-0.05, 0) is 62.6 Å². The number of aryl methyl sites for hydroxylation is 2. The highest BCUT2D eigenvalue weighted by molar-refractivity contribution is 6.05. The lowest BCUT2D eigenvalue weighted by Crippen LogP contribution is -2.52. The quantitative estimate of drug-likeness (QED) is 0.230. The molecule has 13 heteroatoms. The molecule has 1 saturated carbocycles. The zero-order valence-corrected chi connectivity index (χ0v) is 24.0. The third kappa shape index (κ3) is 6.12. The molecule has 2 fully saturated rings. The van der Waals surface area contributed by atoms with Crippen LogP contribution in [0.1, 0.15) is 40.0 Å². The van der Waals surface area contributed by atoms with Gasteiger partial charge in [0.05, 0.1) is 11.3 Å². The Kier molecular flexibility index (Phi) is 7.20. The number of hydrogen-bond donors (Lipinski definition) is 4. The lowest BCUT2D eigenvalue weighted by molar-refractivity contribution is -0.137. The summed E-state index contributed by atoms with van der Waals surface area (Å²) in [6, 6.07) is 12.5. The first-order valence-electron chi connectivity index (χ1n) is 14.0. The number of nitrogens with zero attached hydrogens (tertiary/aromatic N) is 5. The van der Waals surface area contributed by atoms with Crippen molar-refractivity contribution in [2.45, 2.75) is 38.4 Å². The van der Waals surface area contributed by atoms with Crippen molar-refractivity contribution >= 4 is 34.6 Å². The molecule has 2 aromatic carbocycles. The molecule has 3 heterocycles. The number of halogens is 3. The molecule has 0 atom stereocenters. The lowest BCUT2D eigenvalue weighted by Gasteiger charge is -2.36. The molecule has 1 amide bonds. The second-order valence-corrected chi connectivity index (χ2v) is 11.1. The molecule has 1 aliphatic carbocycles. The van der Waals surface area contributed by atoms with Gasteiger partial charge in [-0.2, -0.15) is 23.0 Å². The monoisotopic (exact) mass is 591 g/mol. The molecule has 1 aliphatic heterocycles. The number of anilines is 5. The third-order valence-electron chi connectivity index (χ3n) is 7.82. The molecule has 10 nitrogen and oxygen atoms in total. The van der Waals surface area contributed by atoms with Gasteiger partial charge in [0.15, 0.2) is 5.82 Å². The van der Waals surface area contributed by atoms with E-state index in [0.717, 1.165) is 36.2 Å². The van der Waals surface area contributed by atoms with Gasteiger partial charge in [-0.1, -0.05) is 6.07 Å². The van der Waals surface area contributed by atoms with Crippen LogP contribution < -0.4 is 26.2 Å². The van der Waals surface area contributed by atoms with E-state index in [-0.39, 0.29) is 11.1 Å². The maximum absolute atomic E-state index is 13.9. The van der Waals surface area contributed by atoms with Gasteiger partial charge < -0.3 is 26.2 Å². The molecule has 0 unspecified atom stereocenters. The van der Waals surface area contributed by atoms with Crippen molar-refractivity contribution in [3.05, 3.63) is 77.2 Å². The number of piperazine rings is 1. The second kappa shape index (κ2) is 10.9. The highest BCUT2D eigenvalue weighted by atomic mass is 19.4. The number of carbonyl (C=O) groups is 1. The van der Waals surface area contributed by atoms with Gasteiger partial charge in [-0.25, -0.2) is 9.97 Å². The van der Waals surface area contributed by atoms with Crippen molar-refractivity contribution in [3.8, 4) is 5.82 Å². The van der Waals surface area contributed by atoms with E-state index >= 15 is 0 Å². The summed E-state index contributed by atoms with van der Waals surface area (Å²) >= 11 is 0. The summed E-state index contributed by atoms with van der Waals surface area (Å²) in [6.45, 7) is 5.63. The van der Waals surface area contributed by atoms with Crippen LogP contribution in [0, 0.1) is 13.8 Å². The Balaban J connectivity index is 1.26. The topological polar surface area (TPSA) is 112 Å². The first kappa shape index (κ1) is 28.5. The molecule has 6 rings (SSSR count). The molecular weight excluding hydrogens is 559 g/mol. The molecule has 0 bridgehead atoms. The van der Waals surface area contributed by atoms with Crippen LogP contribution in [-0.4, -0.2) is 57.9 Å². The summed E-state index contributed by atoms with van der Waals surface area (Å²) in [5.41, 5.74) is 2.22. The van der Waals surface area contributed by atoms with Gasteiger partial charge in [-0.3, -0.25) is 4.79 Å². The number of carbonyl (C=O) groups excluding carboxylic acids is 1. The molecule has 4 N–H and O–H groups in total. The van der Waals surface area contributed by atoms with Crippen LogP contribution in [0.2, 0.25) is 0 Å². The highest BCUT2D eigenvalue weighted by Gasteiger charge is 2.45. The zero-order chi connectivity index (χ0) is 30.4. The summed E-state index contributed by atoms with van der Waals surface area (Å²) in [4.78, 5) is 23.8. The SMILES string of the molecule is CNc1cc(-n2nc(C)cc2Nc2cc(NC(=O)c3cc(N4CCNC5(CC5)C4)cc(C(F)(F)F)c3)ccc2C)ncn1. The molecule has 2 aromatic heterocycles. The van der Waals surface area contributed by atoms with Crippen LogP contribution >= 0.6 is 0 Å². The van der Waals surface area contributed by atoms with Crippen LogP contribution in [0.15, 0.2) is 54.9 Å². The predicted molar refractivity (Wildman–Crippen MR) is 159 cm³/mol. The number of nitrogens with one attached hydrogen (secondary N) is 4. The Morgan fingerprint density at radius 3 is 2.60 bits per heavy atom. The molecule has 0 radical (unpaired) electrons. The van der Waals surface area contributed by atoms with E-state index in [1.54, 1.807) is 36.0 Å². The molecule has 1 spiro atoms. The largest absolute Gasteiger partial charge is 0.416 e. The summed E-state index contributed by atoms with van der Waals surface area (Å²) in [5, 5.41) is 17.1. The molecular formula is C30H32F3N9O. The number of rotatable bonds is 7. The minimum absolute atomic E-state index is 0.0310. The number of benzene rings is 2. The number of amides is 1. The van der Waals surface area contributed by atoms with E-state index in [0.29, 0.717) is 54.2 Å². The molecule has 1 saturated heterocycles. The van der Waals surface area contributed by atoms with Crippen LogP contribution in [0.5, 0.6) is 0 Å². The maximum Gasteiger partial charge on any atom is 0.416 e. The van der Waals surface area contributed by atoms with E-state index in [1.807, 2.05) is 30.9 Å². The molecule has 4 aromatic rings. The number of aromatic nitrogens is 4. The smallest absolute Gasteiger partial charge is 0.373 e. The molecule has 43 heavy (non-hydrogen) atoms. The van der Waals surface area contributed by atoms with Gasteiger partial charge >= 0.3 is 6.18 Å². The van der Waals surface area contributed by atoms with Crippen molar-refractivity contribution in [2.24, 2.45) is 0 Å². The minimum atomic E-state index is -4.59. The van der Waals surface area contributed by atoms with Crippen molar-refractivity contribution < 1.29 is 18.0 Å². The zero-order valence-electron chi connectivity index (χ0n) is 24.0. The third-order valence-corrected chi connectivity index (χ3v) is 7.82. The summed E-state index contributed by atoms with van der Waals surface area (Å²) in [7, 11) is 1.76. The fourth-order valence-electron chi connectivity index (χ4n) is 5.29. The Morgan fingerprint density at radius 2 is 1.86 bits per heavy atom. The fraction of sp³-hybridized carbons (Fsp3) is 0.333. The minimum Gasteiger partial charge on any atom is -0.373 e. The van der Waals surface area contributed by atoms with Gasteiger partial charge in [0.2, 0.25) is 0 Å². The van der Waals surface area contributed by atoms with E-state index in [2.05, 4.69) is 36.3 Å². The average molecular weight is 592 g/mol. The standard InChI is InChI=1S/C30H32F3N9O/c1-18-4-5-22(14-24(18)39-27-10-19(2)40-42(27)26-15-25(34-3)35-17-36-26)38-28(43)20-11-21(30(31,32)33)13-23(12-20)41-9-8-37-29(16-41)6-7-29/h4-5,10-15,17,37,39H,6-9,16H2,1-3H3,(H,38,43)(H,34,35,36). The van der Waals surface area contributed by atoms with Gasteiger partial charge in [0.25, 0.3) is 5.91 Å². The predicted octanol–water partition coefficient (Wildman–Crippen LogP) is 5.28. The van der Waals surface area contributed by atoms with Gasteiger partial charge in [-0.15, -0.1) is 0 Å². The summed E-state index contributed by atoms with van der Waals surface area (Å²) < 4.78 is 43.3. The van der Waals surface area contributed by atoms with Gasteiger partial charge in [0, 0.05) is 67.0 Å². The normalized spacial score (nSPS) is 15.8. The summed E-state index contributed by atoms with van der Waals surface area (Å²) in [5.74, 6) is 1.19. The van der Waals surface area contributed by atoms with Crippen molar-refractivity contribution in [2.75, 3.05) is 47.5 Å². The van der Waals surface area contributed by atoms with Crippen LogP contribution in [0.4, 0.5) is 41.9 Å². The Morgan fingerprint density at radius 1 is 1.05 bits per heavy atom. The van der Waals surface area contributed by atoms with Crippen molar-refractivity contribution in [1.82, 2.24) is 25.1 Å². The van der Waals surface area contributed by atoms with Crippen molar-refractivity contribution in [1.29, 1.82) is 0 Å². The van der Waals surface area contributed by atoms with E-state index in [9.17, 15) is 18.0 Å². The lowest BCUT2D eigenvalue weighted by atomic mass is 10.1. The van der Waals surface area contributed by atoms with E-state index in [1.165, 1.54) is 6.33 Å². The number of alkyl halides is 3. The van der Waals surface area contributed by atoms with E-state index < -0.39 is 17.6 Å². The van der Waals surface area contributed by atoms with Crippen LogP contribution in [0.3, 0.4) is 0 Å².